The molecule has 2 fully saturated rings. The Morgan fingerprint density at radius 3 is 2.52 bits per heavy atom. The number of likely N-dealkylation sites (tertiary alicyclic amines) is 1. The van der Waals surface area contributed by atoms with Gasteiger partial charge in [0.15, 0.2) is 5.13 Å². The first-order valence-corrected chi connectivity index (χ1v) is 14.6. The van der Waals surface area contributed by atoms with Gasteiger partial charge in [-0.25, -0.2) is 15.0 Å². The molecule has 0 unspecified atom stereocenters. The molecule has 2 atom stereocenters. The van der Waals surface area contributed by atoms with Crippen LogP contribution in [0.3, 0.4) is 0 Å². The molecular weight excluding hydrogens is 662 g/mol. The Balaban J connectivity index is 0.00000225. The van der Waals surface area contributed by atoms with Crippen LogP contribution in [-0.4, -0.2) is 70.6 Å². The van der Waals surface area contributed by atoms with Gasteiger partial charge in [-0.1, -0.05) is 11.3 Å². The van der Waals surface area contributed by atoms with Crippen LogP contribution in [0.25, 0.3) is 11.3 Å². The van der Waals surface area contributed by atoms with Crippen LogP contribution in [0.2, 0.25) is 0 Å². The minimum absolute atomic E-state index is 0. The summed E-state index contributed by atoms with van der Waals surface area (Å²) in [7, 11) is 0. The van der Waals surface area contributed by atoms with Crippen molar-refractivity contribution in [3.05, 3.63) is 46.7 Å². The fourth-order valence-electron chi connectivity index (χ4n) is 5.26. The number of piperazine rings is 1. The number of amides is 1. The van der Waals surface area contributed by atoms with Crippen molar-refractivity contribution in [3.8, 4) is 17.0 Å². The molecule has 0 bridgehead atoms. The average Bonchev–Trinajstić information content (AvgIpc) is 3.54. The van der Waals surface area contributed by atoms with Gasteiger partial charge in [0.2, 0.25) is 0 Å². The number of aromatic nitrogens is 3. The summed E-state index contributed by atoms with van der Waals surface area (Å²) in [4.78, 5) is 31.6. The summed E-state index contributed by atoms with van der Waals surface area (Å²) < 4.78 is 46.9. The third kappa shape index (κ3) is 8.64. The molecule has 2 aliphatic rings. The number of rotatable bonds is 8. The van der Waals surface area contributed by atoms with Crippen LogP contribution in [0.15, 0.2) is 30.6 Å². The number of anilines is 2. The SMILES string of the molecule is CCOc1ccc(-c2nc(NC(=O)c3cnc(N4CCNC[C@H]4C)cn3)sc2CN2CCC[C@H]2C)cc1C(F)(F)F.Cl.Cl.Cl. The fourth-order valence-corrected chi connectivity index (χ4v) is 6.26. The van der Waals surface area contributed by atoms with E-state index in [0.29, 0.717) is 29.7 Å². The van der Waals surface area contributed by atoms with Crippen molar-refractivity contribution >= 4 is 65.4 Å². The summed E-state index contributed by atoms with van der Waals surface area (Å²) in [6.45, 7) is 9.89. The smallest absolute Gasteiger partial charge is 0.419 e. The third-order valence-corrected chi connectivity index (χ3v) is 8.44. The summed E-state index contributed by atoms with van der Waals surface area (Å²) >= 11 is 1.26. The minimum Gasteiger partial charge on any atom is -0.493 e. The molecule has 2 aromatic heterocycles. The Bertz CT molecular complexity index is 1380. The lowest BCUT2D eigenvalue weighted by Crippen LogP contribution is -2.50. The van der Waals surface area contributed by atoms with Gasteiger partial charge < -0.3 is 15.0 Å². The number of thiazole rings is 1. The average molecular weight is 699 g/mol. The molecule has 0 aliphatic carbocycles. The third-order valence-electron chi connectivity index (χ3n) is 7.48. The maximum atomic E-state index is 13.9. The molecule has 244 valence electrons. The number of carbonyl (C=O) groups excluding carboxylic acids is 1. The molecule has 3 aromatic rings. The minimum atomic E-state index is -4.59. The quantitative estimate of drug-likeness (QED) is 0.283. The number of halogens is 6. The largest absolute Gasteiger partial charge is 0.493 e. The van der Waals surface area contributed by atoms with Crippen LogP contribution in [-0.2, 0) is 12.7 Å². The maximum Gasteiger partial charge on any atom is 0.419 e. The lowest BCUT2D eigenvalue weighted by Gasteiger charge is -2.34. The van der Waals surface area contributed by atoms with Crippen molar-refractivity contribution in [1.82, 2.24) is 25.2 Å². The highest BCUT2D eigenvalue weighted by molar-refractivity contribution is 7.16. The van der Waals surface area contributed by atoms with Crippen molar-refractivity contribution in [1.29, 1.82) is 0 Å². The molecule has 0 saturated carbocycles. The summed E-state index contributed by atoms with van der Waals surface area (Å²) in [5, 5.41) is 6.40. The molecule has 2 N–H and O–H groups in total. The number of benzene rings is 1. The van der Waals surface area contributed by atoms with Crippen LogP contribution in [0, 0.1) is 0 Å². The molecule has 1 amide bonds. The number of ether oxygens (including phenoxy) is 1. The Labute approximate surface area is 277 Å². The van der Waals surface area contributed by atoms with Gasteiger partial charge in [0.1, 0.15) is 17.3 Å². The van der Waals surface area contributed by atoms with E-state index in [2.05, 4.69) is 49.2 Å². The number of hydrogen-bond donors (Lipinski definition) is 2. The number of nitrogens with one attached hydrogen (secondary N) is 2. The molecule has 2 saturated heterocycles. The number of nitrogens with zero attached hydrogens (tertiary/aromatic N) is 5. The Morgan fingerprint density at radius 1 is 1.14 bits per heavy atom. The predicted octanol–water partition coefficient (Wildman–Crippen LogP) is 6.32. The summed E-state index contributed by atoms with van der Waals surface area (Å²) in [5.74, 6) is -0.00833. The molecule has 1 aromatic carbocycles. The van der Waals surface area contributed by atoms with Gasteiger partial charge in [-0.2, -0.15) is 13.2 Å². The van der Waals surface area contributed by atoms with E-state index in [-0.39, 0.29) is 66.4 Å². The molecule has 5 rings (SSSR count). The van der Waals surface area contributed by atoms with E-state index in [1.165, 1.54) is 23.6 Å². The molecule has 2 aliphatic heterocycles. The summed E-state index contributed by atoms with van der Waals surface area (Å²) in [5.41, 5.74) is -0.00531. The van der Waals surface area contributed by atoms with Crippen molar-refractivity contribution in [2.24, 2.45) is 0 Å². The van der Waals surface area contributed by atoms with E-state index in [1.54, 1.807) is 19.2 Å². The van der Waals surface area contributed by atoms with Crippen LogP contribution < -0.4 is 20.3 Å². The van der Waals surface area contributed by atoms with Crippen LogP contribution in [0.4, 0.5) is 24.1 Å². The van der Waals surface area contributed by atoms with Crippen molar-refractivity contribution in [2.45, 2.75) is 58.4 Å². The first-order valence-electron chi connectivity index (χ1n) is 13.8. The van der Waals surface area contributed by atoms with E-state index in [0.717, 1.165) is 50.0 Å². The van der Waals surface area contributed by atoms with Crippen molar-refractivity contribution in [2.75, 3.05) is 43.0 Å². The zero-order valence-corrected chi connectivity index (χ0v) is 27.8. The maximum absolute atomic E-state index is 13.9. The van der Waals surface area contributed by atoms with Gasteiger partial charge in [0.05, 0.1) is 30.3 Å². The topological polar surface area (TPSA) is 95.5 Å². The van der Waals surface area contributed by atoms with Gasteiger partial charge in [0.25, 0.3) is 5.91 Å². The van der Waals surface area contributed by atoms with Gasteiger partial charge in [0, 0.05) is 48.7 Å². The Kier molecular flexibility index (Phi) is 13.9. The molecule has 44 heavy (non-hydrogen) atoms. The molecule has 4 heterocycles. The molecule has 0 radical (unpaired) electrons. The number of carbonyl (C=O) groups is 1. The van der Waals surface area contributed by atoms with Crippen molar-refractivity contribution in [3.63, 3.8) is 0 Å². The normalized spacial score (nSPS) is 18.5. The second-order valence-corrected chi connectivity index (χ2v) is 11.4. The summed E-state index contributed by atoms with van der Waals surface area (Å²) in [6.07, 6.45) is 0.540. The predicted molar refractivity (Wildman–Crippen MR) is 174 cm³/mol. The standard InChI is InChI=1S/C28H34F3N7O2S.3ClH/c1-4-40-22-8-7-19(12-20(22)28(29,30)31)25-23(16-37-10-5-6-17(37)2)41-27(35-25)36-26(39)21-14-34-24(15-33-21)38-11-9-32-13-18(38)3;;;/h7-8,12,14-15,17-18,32H,4-6,9-11,13,16H2,1-3H3,(H,35,36,39);3*1H/t17-,18-;;;/m1.../s1. The highest BCUT2D eigenvalue weighted by Crippen LogP contribution is 2.41. The molecular formula is C28H37Cl3F3N7O2S. The van der Waals surface area contributed by atoms with E-state index in [4.69, 9.17) is 4.74 Å². The zero-order chi connectivity index (χ0) is 29.1. The molecule has 9 nitrogen and oxygen atoms in total. The first-order chi connectivity index (χ1) is 19.6. The second kappa shape index (κ2) is 16.2. The molecule has 0 spiro atoms. The van der Waals surface area contributed by atoms with E-state index >= 15 is 0 Å². The number of hydrogen-bond acceptors (Lipinski definition) is 9. The first kappa shape index (κ1) is 37.8. The van der Waals surface area contributed by atoms with Crippen molar-refractivity contribution < 1.29 is 22.7 Å². The highest BCUT2D eigenvalue weighted by atomic mass is 35.5. The fraction of sp³-hybridized carbons (Fsp3) is 0.500. The lowest BCUT2D eigenvalue weighted by molar-refractivity contribution is -0.138. The van der Waals surface area contributed by atoms with E-state index in [9.17, 15) is 18.0 Å². The monoisotopic (exact) mass is 697 g/mol. The van der Waals surface area contributed by atoms with E-state index < -0.39 is 17.6 Å². The van der Waals surface area contributed by atoms with Crippen LogP contribution in [0.5, 0.6) is 5.75 Å². The summed E-state index contributed by atoms with van der Waals surface area (Å²) in [6, 6.07) is 4.59. The van der Waals surface area contributed by atoms with Crippen LogP contribution in [0.1, 0.15) is 54.5 Å². The lowest BCUT2D eigenvalue weighted by atomic mass is 10.1. The zero-order valence-electron chi connectivity index (χ0n) is 24.5. The van der Waals surface area contributed by atoms with Gasteiger partial charge in [-0.3, -0.25) is 15.0 Å². The number of alkyl halides is 3. The van der Waals surface area contributed by atoms with Gasteiger partial charge >= 0.3 is 6.18 Å². The second-order valence-electron chi connectivity index (χ2n) is 10.4. The highest BCUT2D eigenvalue weighted by Gasteiger charge is 2.35. The van der Waals surface area contributed by atoms with E-state index in [1.807, 2.05) is 0 Å². The Hall–Kier alpha value is -2.42. The molecule has 16 heteroatoms. The van der Waals surface area contributed by atoms with Gasteiger partial charge in [-0.05, 0) is 58.4 Å². The van der Waals surface area contributed by atoms with Gasteiger partial charge in [-0.15, -0.1) is 37.2 Å². The Morgan fingerprint density at radius 2 is 1.91 bits per heavy atom. The van der Waals surface area contributed by atoms with Crippen LogP contribution >= 0.6 is 48.6 Å².